The van der Waals surface area contributed by atoms with Gasteiger partial charge in [0.25, 0.3) is 0 Å². The van der Waals surface area contributed by atoms with Crippen molar-refractivity contribution in [3.05, 3.63) is 29.8 Å². The van der Waals surface area contributed by atoms with Crippen LogP contribution < -0.4 is 0 Å². The third-order valence-corrected chi connectivity index (χ3v) is 8.09. The lowest BCUT2D eigenvalue weighted by Crippen LogP contribution is -2.50. The average Bonchev–Trinajstić information content (AvgIpc) is 3.32. The summed E-state index contributed by atoms with van der Waals surface area (Å²) in [6.45, 7) is 7.79. The number of nitrogens with zero attached hydrogens (tertiary/aromatic N) is 3. The maximum atomic E-state index is 12.6. The van der Waals surface area contributed by atoms with E-state index >= 15 is 0 Å². The van der Waals surface area contributed by atoms with Crippen molar-refractivity contribution in [1.29, 1.82) is 0 Å². The first-order chi connectivity index (χ1) is 14.8. The maximum Gasteiger partial charge on any atom is 0.243 e. The molecule has 2 fully saturated rings. The SMILES string of the molecule is CC(C)CCC(=O)N1CCN(C(=O)CCc2ccc(S(=O)(=O)N3CCCC3)cc2)CC1. The molecule has 1 aromatic carbocycles. The van der Waals surface area contributed by atoms with Crippen molar-refractivity contribution in [2.75, 3.05) is 39.3 Å². The Kier molecular flexibility index (Phi) is 8.11. The lowest BCUT2D eigenvalue weighted by atomic mass is 10.1. The number of carbonyl (C=O) groups excluding carboxylic acids is 2. The summed E-state index contributed by atoms with van der Waals surface area (Å²) in [7, 11) is -3.40. The molecule has 3 rings (SSSR count). The molecular formula is C23H35N3O4S. The summed E-state index contributed by atoms with van der Waals surface area (Å²) in [5.41, 5.74) is 0.955. The highest BCUT2D eigenvalue weighted by atomic mass is 32.2. The molecule has 0 radical (unpaired) electrons. The van der Waals surface area contributed by atoms with Gasteiger partial charge in [0, 0.05) is 52.1 Å². The highest BCUT2D eigenvalue weighted by Gasteiger charge is 2.27. The number of amides is 2. The lowest BCUT2D eigenvalue weighted by Gasteiger charge is -2.35. The first kappa shape index (κ1) is 23.7. The van der Waals surface area contributed by atoms with E-state index in [1.165, 1.54) is 0 Å². The molecule has 0 aliphatic carbocycles. The van der Waals surface area contributed by atoms with Gasteiger partial charge in [0.05, 0.1) is 4.90 Å². The Morgan fingerprint density at radius 2 is 1.35 bits per heavy atom. The smallest absolute Gasteiger partial charge is 0.243 e. The summed E-state index contributed by atoms with van der Waals surface area (Å²) < 4.78 is 26.7. The van der Waals surface area contributed by atoms with E-state index in [1.54, 1.807) is 16.4 Å². The molecule has 2 aliphatic heterocycles. The molecule has 8 heteroatoms. The van der Waals surface area contributed by atoms with Crippen LogP contribution in [0.4, 0.5) is 0 Å². The van der Waals surface area contributed by atoms with Crippen LogP contribution in [-0.4, -0.2) is 73.6 Å². The van der Waals surface area contributed by atoms with Crippen molar-refractivity contribution in [3.63, 3.8) is 0 Å². The van der Waals surface area contributed by atoms with E-state index in [9.17, 15) is 18.0 Å². The summed E-state index contributed by atoms with van der Waals surface area (Å²) in [6, 6.07) is 6.91. The minimum absolute atomic E-state index is 0.0862. The first-order valence-electron chi connectivity index (χ1n) is 11.4. The minimum Gasteiger partial charge on any atom is -0.339 e. The fraction of sp³-hybridized carbons (Fsp3) is 0.652. The van der Waals surface area contributed by atoms with E-state index in [0.29, 0.717) is 69.3 Å². The highest BCUT2D eigenvalue weighted by molar-refractivity contribution is 7.89. The number of rotatable bonds is 8. The molecule has 1 aromatic rings. The number of aryl methyl sites for hydroxylation is 1. The van der Waals surface area contributed by atoms with Crippen molar-refractivity contribution < 1.29 is 18.0 Å². The lowest BCUT2D eigenvalue weighted by molar-refractivity contribution is -0.139. The van der Waals surface area contributed by atoms with Gasteiger partial charge in [-0.3, -0.25) is 9.59 Å². The van der Waals surface area contributed by atoms with Gasteiger partial charge in [-0.05, 0) is 49.3 Å². The molecule has 0 spiro atoms. The largest absolute Gasteiger partial charge is 0.339 e. The van der Waals surface area contributed by atoms with Crippen LogP contribution in [0.15, 0.2) is 29.2 Å². The van der Waals surface area contributed by atoms with Crippen molar-refractivity contribution in [1.82, 2.24) is 14.1 Å². The second-order valence-electron chi connectivity index (χ2n) is 8.95. The van der Waals surface area contributed by atoms with E-state index in [4.69, 9.17) is 0 Å². The Morgan fingerprint density at radius 1 is 0.839 bits per heavy atom. The van der Waals surface area contributed by atoms with Crippen LogP contribution >= 0.6 is 0 Å². The third-order valence-electron chi connectivity index (χ3n) is 6.17. The number of benzene rings is 1. The molecule has 172 valence electrons. The fourth-order valence-corrected chi connectivity index (χ4v) is 5.61. The summed E-state index contributed by atoms with van der Waals surface area (Å²) in [6.07, 6.45) is 4.28. The number of carbonyl (C=O) groups is 2. The molecule has 0 saturated carbocycles. The van der Waals surface area contributed by atoms with Crippen molar-refractivity contribution in [3.8, 4) is 0 Å². The van der Waals surface area contributed by atoms with Gasteiger partial charge in [-0.2, -0.15) is 4.31 Å². The second-order valence-corrected chi connectivity index (χ2v) is 10.9. The fourth-order valence-electron chi connectivity index (χ4n) is 4.09. The number of hydrogen-bond donors (Lipinski definition) is 0. The quantitative estimate of drug-likeness (QED) is 0.611. The van der Waals surface area contributed by atoms with Gasteiger partial charge in [-0.25, -0.2) is 8.42 Å². The standard InChI is InChI=1S/C23H35N3O4S/c1-19(2)5-11-22(27)24-15-17-25(18-16-24)23(28)12-8-20-6-9-21(10-7-20)31(29,30)26-13-3-4-14-26/h6-7,9-10,19H,3-5,8,11-18H2,1-2H3. The summed E-state index contributed by atoms with van der Waals surface area (Å²) in [5, 5.41) is 0. The molecule has 2 heterocycles. The van der Waals surface area contributed by atoms with Crippen molar-refractivity contribution >= 4 is 21.8 Å². The zero-order chi connectivity index (χ0) is 22.4. The Morgan fingerprint density at radius 3 is 1.87 bits per heavy atom. The zero-order valence-corrected chi connectivity index (χ0v) is 19.6. The average molecular weight is 450 g/mol. The molecule has 0 bridgehead atoms. The van der Waals surface area contributed by atoms with Gasteiger partial charge in [0.1, 0.15) is 0 Å². The molecule has 0 aromatic heterocycles. The van der Waals surface area contributed by atoms with E-state index in [1.807, 2.05) is 21.9 Å². The summed E-state index contributed by atoms with van der Waals surface area (Å²) in [4.78, 5) is 28.9. The third kappa shape index (κ3) is 6.29. The molecule has 0 unspecified atom stereocenters. The van der Waals surface area contributed by atoms with Gasteiger partial charge in [-0.15, -0.1) is 0 Å². The Hall–Kier alpha value is -1.93. The molecule has 7 nitrogen and oxygen atoms in total. The number of hydrogen-bond acceptors (Lipinski definition) is 4. The van der Waals surface area contributed by atoms with E-state index < -0.39 is 10.0 Å². The Labute approximate surface area is 186 Å². The number of piperazine rings is 1. The number of sulfonamides is 1. The second kappa shape index (κ2) is 10.6. The van der Waals surface area contributed by atoms with Gasteiger partial charge in [0.2, 0.25) is 21.8 Å². The van der Waals surface area contributed by atoms with Gasteiger partial charge in [-0.1, -0.05) is 26.0 Å². The van der Waals surface area contributed by atoms with Crippen molar-refractivity contribution in [2.45, 2.75) is 57.3 Å². The van der Waals surface area contributed by atoms with Crippen LogP contribution in [0.5, 0.6) is 0 Å². The molecule has 2 amide bonds. The predicted molar refractivity (Wildman–Crippen MR) is 120 cm³/mol. The van der Waals surface area contributed by atoms with Crippen LogP contribution in [-0.2, 0) is 26.0 Å². The van der Waals surface area contributed by atoms with E-state index in [0.717, 1.165) is 24.8 Å². The zero-order valence-electron chi connectivity index (χ0n) is 18.8. The Bertz CT molecular complexity index is 853. The molecule has 2 saturated heterocycles. The van der Waals surface area contributed by atoms with Gasteiger partial charge < -0.3 is 9.80 Å². The molecule has 2 aliphatic rings. The highest BCUT2D eigenvalue weighted by Crippen LogP contribution is 2.21. The van der Waals surface area contributed by atoms with E-state index in [2.05, 4.69) is 13.8 Å². The van der Waals surface area contributed by atoms with Gasteiger partial charge in [0.15, 0.2) is 0 Å². The van der Waals surface area contributed by atoms with Crippen molar-refractivity contribution in [2.24, 2.45) is 5.92 Å². The predicted octanol–water partition coefficient (Wildman–Crippen LogP) is 2.51. The summed E-state index contributed by atoms with van der Waals surface area (Å²) >= 11 is 0. The van der Waals surface area contributed by atoms with Crippen LogP contribution in [0.2, 0.25) is 0 Å². The molecule has 0 N–H and O–H groups in total. The minimum atomic E-state index is -3.40. The van der Waals surface area contributed by atoms with Crippen LogP contribution in [0.1, 0.15) is 51.5 Å². The van der Waals surface area contributed by atoms with E-state index in [-0.39, 0.29) is 11.8 Å². The maximum absolute atomic E-state index is 12.6. The monoisotopic (exact) mass is 449 g/mol. The normalized spacial score (nSPS) is 18.0. The first-order valence-corrected chi connectivity index (χ1v) is 12.9. The van der Waals surface area contributed by atoms with Crippen LogP contribution in [0.3, 0.4) is 0 Å². The van der Waals surface area contributed by atoms with Gasteiger partial charge >= 0.3 is 0 Å². The molecule has 0 atom stereocenters. The molecular weight excluding hydrogens is 414 g/mol. The topological polar surface area (TPSA) is 78.0 Å². The van der Waals surface area contributed by atoms with Crippen LogP contribution in [0.25, 0.3) is 0 Å². The molecule has 31 heavy (non-hydrogen) atoms. The Balaban J connectivity index is 1.44. The summed E-state index contributed by atoms with van der Waals surface area (Å²) in [5.74, 6) is 0.786. The van der Waals surface area contributed by atoms with Crippen LogP contribution in [0, 0.1) is 5.92 Å².